The lowest BCUT2D eigenvalue weighted by Gasteiger charge is -2.13. The van der Waals surface area contributed by atoms with Crippen molar-refractivity contribution in [3.05, 3.63) is 0 Å². The Balaban J connectivity index is 3.44. The fourth-order valence-electron chi connectivity index (χ4n) is 1.70. The van der Waals surface area contributed by atoms with Crippen LogP contribution in [0.25, 0.3) is 0 Å². The summed E-state index contributed by atoms with van der Waals surface area (Å²) in [7, 11) is -1.61. The molecule has 0 radical (unpaired) electrons. The molecule has 0 bridgehead atoms. The predicted molar refractivity (Wildman–Crippen MR) is 73.7 cm³/mol. The molecule has 1 unspecified atom stereocenters. The molecule has 0 fully saturated rings. The summed E-state index contributed by atoms with van der Waals surface area (Å²) in [6, 6.07) is 0.406. The summed E-state index contributed by atoms with van der Waals surface area (Å²) >= 11 is 0. The molecule has 104 valence electrons. The molecule has 0 aliphatic carbocycles. The first-order valence-electron chi connectivity index (χ1n) is 6.66. The van der Waals surface area contributed by atoms with Crippen LogP contribution in [0.15, 0.2) is 0 Å². The lowest BCUT2D eigenvalue weighted by atomic mass is 10.1. The third-order valence-corrected chi connectivity index (χ3v) is 4.28. The molecule has 0 saturated carbocycles. The third-order valence-electron chi connectivity index (χ3n) is 2.92. The van der Waals surface area contributed by atoms with Crippen molar-refractivity contribution in [3.8, 4) is 0 Å². The number of unbranched alkanes of at least 4 members (excludes halogenated alkanes) is 4. The van der Waals surface area contributed by atoms with E-state index >= 15 is 0 Å². The van der Waals surface area contributed by atoms with E-state index < -0.39 is 10.0 Å². The molecule has 1 atom stereocenters. The Labute approximate surface area is 107 Å². The summed E-state index contributed by atoms with van der Waals surface area (Å²) in [5.41, 5.74) is 0. The Kier molecular flexibility index (Phi) is 9.78. The fraction of sp³-hybridized carbons (Fsp3) is 1.00. The lowest BCUT2D eigenvalue weighted by molar-refractivity contribution is 0.489. The van der Waals surface area contributed by atoms with Crippen LogP contribution in [0.4, 0.5) is 0 Å². The Hall–Kier alpha value is -0.130. The zero-order valence-electron chi connectivity index (χ0n) is 11.5. The van der Waals surface area contributed by atoms with E-state index in [1.54, 1.807) is 0 Å². The molecule has 17 heavy (non-hydrogen) atoms. The minimum atomic E-state index is -3.06. The van der Waals surface area contributed by atoms with Gasteiger partial charge in [0.25, 0.3) is 0 Å². The van der Waals surface area contributed by atoms with Gasteiger partial charge in [-0.1, -0.05) is 39.0 Å². The molecule has 0 spiro atoms. The van der Waals surface area contributed by atoms with Crippen LogP contribution in [-0.2, 0) is 10.0 Å². The van der Waals surface area contributed by atoms with Gasteiger partial charge in [0.05, 0.1) is 5.75 Å². The Morgan fingerprint density at radius 3 is 2.35 bits per heavy atom. The summed E-state index contributed by atoms with van der Waals surface area (Å²) < 4.78 is 24.6. The Bertz CT molecular complexity index is 266. The average Bonchev–Trinajstić information content (AvgIpc) is 2.28. The number of hydrogen-bond acceptors (Lipinski definition) is 3. The van der Waals surface area contributed by atoms with Gasteiger partial charge in [0.1, 0.15) is 0 Å². The van der Waals surface area contributed by atoms with Crippen molar-refractivity contribution in [2.24, 2.45) is 0 Å². The normalized spacial score (nSPS) is 13.8. The van der Waals surface area contributed by atoms with E-state index in [0.29, 0.717) is 12.6 Å². The second-order valence-corrected chi connectivity index (χ2v) is 6.63. The summed E-state index contributed by atoms with van der Waals surface area (Å²) in [6.07, 6.45) is 7.56. The van der Waals surface area contributed by atoms with Crippen molar-refractivity contribution in [1.29, 1.82) is 0 Å². The van der Waals surface area contributed by atoms with E-state index in [9.17, 15) is 8.42 Å². The third kappa shape index (κ3) is 10.7. The highest BCUT2D eigenvalue weighted by Crippen LogP contribution is 2.06. The topological polar surface area (TPSA) is 58.2 Å². The SMILES string of the molecule is CCCCCCCC(C)NCCS(=O)(=O)NC. The highest BCUT2D eigenvalue weighted by Gasteiger charge is 2.07. The molecule has 4 nitrogen and oxygen atoms in total. The summed E-state index contributed by atoms with van der Waals surface area (Å²) in [6.45, 7) is 4.86. The van der Waals surface area contributed by atoms with Gasteiger partial charge in [0, 0.05) is 12.6 Å². The van der Waals surface area contributed by atoms with Crippen molar-refractivity contribution >= 4 is 10.0 Å². The highest BCUT2D eigenvalue weighted by molar-refractivity contribution is 7.89. The quantitative estimate of drug-likeness (QED) is 0.560. The monoisotopic (exact) mass is 264 g/mol. The molecule has 0 aliphatic heterocycles. The molecule has 0 saturated heterocycles. The summed E-state index contributed by atoms with van der Waals surface area (Å²) in [4.78, 5) is 0. The maximum atomic E-state index is 11.2. The van der Waals surface area contributed by atoms with Gasteiger partial charge >= 0.3 is 0 Å². The average molecular weight is 264 g/mol. The van der Waals surface area contributed by atoms with Gasteiger partial charge in [-0.05, 0) is 20.4 Å². The number of nitrogens with one attached hydrogen (secondary N) is 2. The van der Waals surface area contributed by atoms with E-state index in [1.807, 2.05) is 0 Å². The zero-order chi connectivity index (χ0) is 13.1. The molecule has 0 aromatic heterocycles. The van der Waals surface area contributed by atoms with E-state index in [2.05, 4.69) is 23.9 Å². The zero-order valence-corrected chi connectivity index (χ0v) is 12.3. The fourth-order valence-corrected chi connectivity index (χ4v) is 2.29. The maximum absolute atomic E-state index is 11.2. The number of rotatable bonds is 11. The van der Waals surface area contributed by atoms with Gasteiger partial charge in [0.15, 0.2) is 0 Å². The Morgan fingerprint density at radius 2 is 1.76 bits per heavy atom. The van der Waals surface area contributed by atoms with E-state index in [0.717, 1.165) is 6.42 Å². The largest absolute Gasteiger partial charge is 0.313 e. The second kappa shape index (κ2) is 9.85. The minimum Gasteiger partial charge on any atom is -0.313 e. The highest BCUT2D eigenvalue weighted by atomic mass is 32.2. The van der Waals surface area contributed by atoms with Gasteiger partial charge in [-0.25, -0.2) is 13.1 Å². The first-order valence-corrected chi connectivity index (χ1v) is 8.31. The second-order valence-electron chi connectivity index (χ2n) is 4.58. The van der Waals surface area contributed by atoms with Crippen molar-refractivity contribution in [2.45, 2.75) is 58.4 Å². The van der Waals surface area contributed by atoms with Crippen LogP contribution >= 0.6 is 0 Å². The van der Waals surface area contributed by atoms with Gasteiger partial charge in [0.2, 0.25) is 10.0 Å². The number of sulfonamides is 1. The van der Waals surface area contributed by atoms with Crippen LogP contribution in [0.2, 0.25) is 0 Å². The van der Waals surface area contributed by atoms with Gasteiger partial charge in [-0.2, -0.15) is 0 Å². The lowest BCUT2D eigenvalue weighted by Crippen LogP contribution is -2.34. The molecule has 5 heteroatoms. The first kappa shape index (κ1) is 16.9. The van der Waals surface area contributed by atoms with Crippen LogP contribution in [0, 0.1) is 0 Å². The molecule has 2 N–H and O–H groups in total. The van der Waals surface area contributed by atoms with Crippen LogP contribution < -0.4 is 10.0 Å². The molecule has 0 aromatic rings. The van der Waals surface area contributed by atoms with Crippen LogP contribution in [-0.4, -0.2) is 33.8 Å². The molecule has 0 aliphatic rings. The van der Waals surface area contributed by atoms with Gasteiger partial charge < -0.3 is 5.32 Å². The molecule has 0 rings (SSSR count). The van der Waals surface area contributed by atoms with Crippen molar-refractivity contribution < 1.29 is 8.42 Å². The van der Waals surface area contributed by atoms with Gasteiger partial charge in [-0.3, -0.25) is 0 Å². The van der Waals surface area contributed by atoms with Crippen LogP contribution in [0.1, 0.15) is 52.4 Å². The predicted octanol–water partition coefficient (Wildman–Crippen LogP) is 1.87. The summed E-state index contributed by atoms with van der Waals surface area (Å²) in [5.74, 6) is 0.156. The molecule has 0 heterocycles. The van der Waals surface area contributed by atoms with Crippen molar-refractivity contribution in [2.75, 3.05) is 19.3 Å². The molecular weight excluding hydrogens is 236 g/mol. The van der Waals surface area contributed by atoms with E-state index in [4.69, 9.17) is 0 Å². The number of hydrogen-bond donors (Lipinski definition) is 2. The van der Waals surface area contributed by atoms with Crippen molar-refractivity contribution in [3.63, 3.8) is 0 Å². The van der Waals surface area contributed by atoms with Crippen molar-refractivity contribution in [1.82, 2.24) is 10.0 Å². The van der Waals surface area contributed by atoms with Crippen LogP contribution in [0.3, 0.4) is 0 Å². The molecular formula is C12H28N2O2S. The molecule has 0 aromatic carbocycles. The molecule has 0 amide bonds. The van der Waals surface area contributed by atoms with E-state index in [1.165, 1.54) is 39.2 Å². The van der Waals surface area contributed by atoms with E-state index in [-0.39, 0.29) is 5.75 Å². The standard InChI is InChI=1S/C12H28N2O2S/c1-4-5-6-7-8-9-12(2)14-10-11-17(15,16)13-3/h12-14H,4-11H2,1-3H3. The van der Waals surface area contributed by atoms with Crippen LogP contribution in [0.5, 0.6) is 0 Å². The minimum absolute atomic E-state index is 0.156. The Morgan fingerprint density at radius 1 is 1.12 bits per heavy atom. The smallest absolute Gasteiger partial charge is 0.212 e. The van der Waals surface area contributed by atoms with Gasteiger partial charge in [-0.15, -0.1) is 0 Å². The summed E-state index contributed by atoms with van der Waals surface area (Å²) in [5, 5.41) is 3.24. The maximum Gasteiger partial charge on any atom is 0.212 e. The first-order chi connectivity index (χ1) is 8.02.